The van der Waals surface area contributed by atoms with E-state index in [1.54, 1.807) is 0 Å². The van der Waals surface area contributed by atoms with Crippen LogP contribution >= 0.6 is 0 Å². The van der Waals surface area contributed by atoms with E-state index in [4.69, 9.17) is 0 Å². The molecule has 45 heavy (non-hydrogen) atoms. The Kier molecular flexibility index (Phi) is 14.3. The van der Waals surface area contributed by atoms with Crippen LogP contribution in [0, 0.1) is 0 Å². The summed E-state index contributed by atoms with van der Waals surface area (Å²) in [4.78, 5) is 21.5. The number of likely N-dealkylation sites (tertiary alicyclic amines) is 4. The Bertz CT molecular complexity index is 791. The first-order valence-corrected chi connectivity index (χ1v) is 19.7. The Hall–Kier alpha value is -0.320. The molecule has 6 heterocycles. The number of hydrogen-bond acceptors (Lipinski definition) is 8. The van der Waals surface area contributed by atoms with Gasteiger partial charge in [-0.2, -0.15) is 0 Å². The zero-order valence-corrected chi connectivity index (χ0v) is 30.7. The third-order valence-electron chi connectivity index (χ3n) is 12.9. The first-order chi connectivity index (χ1) is 21.8. The molecule has 0 amide bonds. The van der Waals surface area contributed by atoms with Crippen LogP contribution in [0.4, 0.5) is 0 Å². The first-order valence-electron chi connectivity index (χ1n) is 19.7. The van der Waals surface area contributed by atoms with Gasteiger partial charge in [-0.05, 0) is 145 Å². The Labute approximate surface area is 279 Å². The van der Waals surface area contributed by atoms with Crippen LogP contribution in [0.3, 0.4) is 0 Å². The van der Waals surface area contributed by atoms with Gasteiger partial charge in [-0.3, -0.25) is 9.80 Å². The van der Waals surface area contributed by atoms with Gasteiger partial charge in [-0.1, -0.05) is 6.92 Å². The van der Waals surface area contributed by atoms with Gasteiger partial charge in [0.15, 0.2) is 0 Å². The minimum Gasteiger partial charge on any atom is -0.304 e. The van der Waals surface area contributed by atoms with E-state index in [0.29, 0.717) is 0 Å². The molecule has 0 aromatic heterocycles. The van der Waals surface area contributed by atoms with Crippen LogP contribution < -0.4 is 0 Å². The molecule has 0 bridgehead atoms. The summed E-state index contributed by atoms with van der Waals surface area (Å²) in [5, 5.41) is 0. The van der Waals surface area contributed by atoms with Crippen molar-refractivity contribution in [3.63, 3.8) is 0 Å². The van der Waals surface area contributed by atoms with Crippen molar-refractivity contribution in [1.29, 1.82) is 0 Å². The summed E-state index contributed by atoms with van der Waals surface area (Å²) in [6, 6.07) is 4.90. The van der Waals surface area contributed by atoms with Gasteiger partial charge < -0.3 is 29.4 Å². The molecule has 262 valence electrons. The Morgan fingerprint density at radius 1 is 0.400 bits per heavy atom. The molecular formula is C37H74N8. The van der Waals surface area contributed by atoms with Gasteiger partial charge in [-0.15, -0.1) is 0 Å². The molecule has 6 fully saturated rings. The highest BCUT2D eigenvalue weighted by molar-refractivity contribution is 4.89. The molecular weight excluding hydrogens is 556 g/mol. The zero-order valence-electron chi connectivity index (χ0n) is 30.7. The van der Waals surface area contributed by atoms with Crippen LogP contribution in [0.15, 0.2) is 0 Å². The molecule has 6 aliphatic rings. The maximum absolute atomic E-state index is 2.82. The Balaban J connectivity index is 0.000000178. The summed E-state index contributed by atoms with van der Waals surface area (Å²) in [6.07, 6.45) is 11.1. The molecule has 6 saturated heterocycles. The highest BCUT2D eigenvalue weighted by atomic mass is 15.3. The Morgan fingerprint density at radius 3 is 1.00 bits per heavy atom. The molecule has 0 radical (unpaired) electrons. The second kappa shape index (κ2) is 17.9. The van der Waals surface area contributed by atoms with Crippen LogP contribution in [0.1, 0.15) is 86.0 Å². The van der Waals surface area contributed by atoms with E-state index in [1.807, 2.05) is 0 Å². The molecule has 0 unspecified atom stereocenters. The highest BCUT2D eigenvalue weighted by Crippen LogP contribution is 2.26. The van der Waals surface area contributed by atoms with Gasteiger partial charge >= 0.3 is 0 Å². The third kappa shape index (κ3) is 10.3. The van der Waals surface area contributed by atoms with Gasteiger partial charge in [0.2, 0.25) is 0 Å². The summed E-state index contributed by atoms with van der Waals surface area (Å²) < 4.78 is 0. The second-order valence-electron chi connectivity index (χ2n) is 16.1. The van der Waals surface area contributed by atoms with Gasteiger partial charge in [0.05, 0.1) is 0 Å². The van der Waals surface area contributed by atoms with E-state index in [0.717, 1.165) is 36.3 Å². The fourth-order valence-electron chi connectivity index (χ4n) is 9.40. The summed E-state index contributed by atoms with van der Waals surface area (Å²) in [7, 11) is 2.25. The number of hydrogen-bond donors (Lipinski definition) is 0. The van der Waals surface area contributed by atoms with Crippen LogP contribution in [-0.4, -0.2) is 194 Å². The lowest BCUT2D eigenvalue weighted by molar-refractivity contribution is 0.0311. The highest BCUT2D eigenvalue weighted by Gasteiger charge is 2.33. The van der Waals surface area contributed by atoms with Crippen LogP contribution in [0.2, 0.25) is 0 Å². The molecule has 8 heteroatoms. The molecule has 8 nitrogen and oxygen atoms in total. The maximum atomic E-state index is 2.82. The lowest BCUT2D eigenvalue weighted by atomic mass is 9.96. The normalized spacial score (nSPS) is 29.1. The fourth-order valence-corrected chi connectivity index (χ4v) is 9.40. The van der Waals surface area contributed by atoms with Gasteiger partial charge in [0.1, 0.15) is 0 Å². The average Bonchev–Trinajstić information content (AvgIpc) is 3.09. The number of likely N-dealkylation sites (N-methyl/N-ethyl adjacent to an activating group) is 2. The average molecular weight is 631 g/mol. The van der Waals surface area contributed by atoms with Crippen molar-refractivity contribution in [2.45, 2.75) is 122 Å². The molecule has 0 spiro atoms. The predicted molar refractivity (Wildman–Crippen MR) is 191 cm³/mol. The zero-order chi connectivity index (χ0) is 31.8. The summed E-state index contributed by atoms with van der Waals surface area (Å²) >= 11 is 0. The molecule has 0 aliphatic carbocycles. The first kappa shape index (κ1) is 36.0. The molecule has 6 rings (SSSR count). The van der Waals surface area contributed by atoms with E-state index in [9.17, 15) is 0 Å². The van der Waals surface area contributed by atoms with Gasteiger partial charge in [-0.25, -0.2) is 0 Å². The second-order valence-corrected chi connectivity index (χ2v) is 16.1. The fraction of sp³-hybridized carbons (Fsp3) is 1.00. The lowest BCUT2D eigenvalue weighted by Gasteiger charge is -2.46. The van der Waals surface area contributed by atoms with Crippen LogP contribution in [0.25, 0.3) is 0 Å². The van der Waals surface area contributed by atoms with E-state index in [1.165, 1.54) is 163 Å². The van der Waals surface area contributed by atoms with Gasteiger partial charge in [0, 0.05) is 88.6 Å². The SMILES string of the molecule is CC(C)N1CCC(N2CCC(N3CCN(C)CC3)CC2)CC1.CCN1CCN(C2CCN(C3CCN(C(C)C)CC3)CC2)CC1. The summed E-state index contributed by atoms with van der Waals surface area (Å²) in [6.45, 7) is 33.7. The quantitative estimate of drug-likeness (QED) is 0.422. The van der Waals surface area contributed by atoms with Crippen molar-refractivity contribution >= 4 is 0 Å². The van der Waals surface area contributed by atoms with Crippen molar-refractivity contribution in [2.24, 2.45) is 0 Å². The molecule has 0 atom stereocenters. The number of piperidine rings is 4. The van der Waals surface area contributed by atoms with Crippen molar-refractivity contribution in [1.82, 2.24) is 39.2 Å². The van der Waals surface area contributed by atoms with E-state index in [2.05, 4.69) is 80.9 Å². The van der Waals surface area contributed by atoms with E-state index < -0.39 is 0 Å². The third-order valence-corrected chi connectivity index (χ3v) is 12.9. The number of nitrogens with zero attached hydrogens (tertiary/aromatic N) is 8. The summed E-state index contributed by atoms with van der Waals surface area (Å²) in [5.74, 6) is 0. The van der Waals surface area contributed by atoms with Crippen molar-refractivity contribution in [3.8, 4) is 0 Å². The largest absolute Gasteiger partial charge is 0.304 e. The maximum Gasteiger partial charge on any atom is 0.0121 e. The molecule has 0 saturated carbocycles. The molecule has 6 aliphatic heterocycles. The Morgan fingerprint density at radius 2 is 0.689 bits per heavy atom. The number of piperazine rings is 2. The molecule has 0 aromatic rings. The van der Waals surface area contributed by atoms with Crippen LogP contribution in [-0.2, 0) is 0 Å². The van der Waals surface area contributed by atoms with Crippen molar-refractivity contribution < 1.29 is 0 Å². The molecule has 0 aromatic carbocycles. The lowest BCUT2D eigenvalue weighted by Crippen LogP contribution is -2.55. The van der Waals surface area contributed by atoms with Crippen molar-refractivity contribution in [2.75, 3.05) is 118 Å². The predicted octanol–water partition coefficient (Wildman–Crippen LogP) is 3.53. The van der Waals surface area contributed by atoms with E-state index in [-0.39, 0.29) is 0 Å². The minimum absolute atomic E-state index is 0.725. The van der Waals surface area contributed by atoms with Crippen LogP contribution in [0.5, 0.6) is 0 Å². The monoisotopic (exact) mass is 631 g/mol. The van der Waals surface area contributed by atoms with Crippen molar-refractivity contribution in [3.05, 3.63) is 0 Å². The topological polar surface area (TPSA) is 25.9 Å². The smallest absolute Gasteiger partial charge is 0.0121 e. The standard InChI is InChI=1S/C19H38N4.C18H36N4/c1-4-20-13-15-23(16-14-20)19-7-11-22(12-8-19)18-5-9-21(10-6-18)17(2)3;1-16(2)20-8-4-17(5-9-20)21-10-6-18(7-11-21)22-14-12-19(3)13-15-22/h17-19H,4-16H2,1-3H3;16-18H,4-15H2,1-3H3. The number of rotatable bonds is 7. The summed E-state index contributed by atoms with van der Waals surface area (Å²) in [5.41, 5.74) is 0. The van der Waals surface area contributed by atoms with E-state index >= 15 is 0 Å². The van der Waals surface area contributed by atoms with Gasteiger partial charge in [0.25, 0.3) is 0 Å². The minimum atomic E-state index is 0.725. The molecule has 0 N–H and O–H groups in total.